The van der Waals surface area contributed by atoms with E-state index in [0.717, 1.165) is 11.1 Å². The summed E-state index contributed by atoms with van der Waals surface area (Å²) in [7, 11) is 0. The van der Waals surface area contributed by atoms with Crippen molar-refractivity contribution in [3.05, 3.63) is 95.6 Å². The average molecular weight is 628 g/mol. The van der Waals surface area contributed by atoms with Gasteiger partial charge in [0.15, 0.2) is 5.60 Å². The number of amides is 3. The zero-order valence-corrected chi connectivity index (χ0v) is 26.5. The van der Waals surface area contributed by atoms with E-state index >= 15 is 0 Å². The Balaban J connectivity index is 1.40. The first kappa shape index (κ1) is 31.7. The van der Waals surface area contributed by atoms with E-state index in [2.05, 4.69) is 0 Å². The van der Waals surface area contributed by atoms with Crippen LogP contribution >= 0.6 is 0 Å². The lowest BCUT2D eigenvalue weighted by Gasteiger charge is -2.34. The van der Waals surface area contributed by atoms with Crippen LogP contribution in [0.3, 0.4) is 0 Å². The lowest BCUT2D eigenvalue weighted by Crippen LogP contribution is -2.46. The van der Waals surface area contributed by atoms with Gasteiger partial charge in [-0.3, -0.25) is 14.5 Å². The molecular weight excluding hydrogens is 586 g/mol. The van der Waals surface area contributed by atoms with Gasteiger partial charge in [-0.1, -0.05) is 67.6 Å². The number of rotatable bonds is 10. The molecule has 46 heavy (non-hydrogen) atoms. The molecule has 0 aliphatic carbocycles. The van der Waals surface area contributed by atoms with E-state index in [1.54, 1.807) is 29.7 Å². The van der Waals surface area contributed by atoms with Crippen LogP contribution in [-0.4, -0.2) is 71.0 Å². The molecule has 2 fully saturated rings. The number of cyclic esters (lactones) is 1. The van der Waals surface area contributed by atoms with Crippen molar-refractivity contribution in [2.75, 3.05) is 36.1 Å². The smallest absolute Gasteiger partial charge is 0.414 e. The van der Waals surface area contributed by atoms with E-state index in [9.17, 15) is 24.6 Å². The monoisotopic (exact) mass is 627 g/mol. The van der Waals surface area contributed by atoms with Gasteiger partial charge in [0.1, 0.15) is 6.61 Å². The normalized spacial score (nSPS) is 24.1. The fraction of sp³-hybridized carbons (Fsp3) is 0.417. The summed E-state index contributed by atoms with van der Waals surface area (Å²) >= 11 is 0. The first-order valence-electron chi connectivity index (χ1n) is 15.8. The fourth-order valence-corrected chi connectivity index (χ4v) is 7.50. The number of hydrogen-bond donors (Lipinski definition) is 2. The second-order valence-corrected chi connectivity index (χ2v) is 12.9. The second kappa shape index (κ2) is 12.5. The molecule has 3 aliphatic heterocycles. The van der Waals surface area contributed by atoms with Gasteiger partial charge in [-0.2, -0.15) is 0 Å². The molecule has 2 N–H and O–H groups in total. The number of nitrogens with zero attached hydrogens (tertiary/aromatic N) is 3. The summed E-state index contributed by atoms with van der Waals surface area (Å²) in [4.78, 5) is 46.0. The summed E-state index contributed by atoms with van der Waals surface area (Å²) < 4.78 is 12.1. The summed E-state index contributed by atoms with van der Waals surface area (Å²) in [6.45, 7) is 6.45. The van der Waals surface area contributed by atoms with Crippen molar-refractivity contribution in [3.8, 4) is 0 Å². The molecule has 2 saturated heterocycles. The van der Waals surface area contributed by atoms with Crippen molar-refractivity contribution in [1.82, 2.24) is 4.90 Å². The Kier molecular flexibility index (Phi) is 8.62. The molecular formula is C36H41N3O7. The number of ether oxygens (including phenoxy) is 2. The molecule has 10 heteroatoms. The Labute approximate surface area is 269 Å². The SMILES string of the molecule is C[C@@H]1[C@@H](C(C)(C)O)[C@H](CC(=O)N(CCO)Cc2ccccc2)O[C@@]12C(=O)N(Cc1ccccc1)c1ccc(N3CCOC3=O)cc12. The molecule has 0 bridgehead atoms. The molecule has 4 atom stereocenters. The predicted octanol–water partition coefficient (Wildman–Crippen LogP) is 4.22. The quantitative estimate of drug-likeness (QED) is 0.346. The largest absolute Gasteiger partial charge is 0.447 e. The zero-order valence-electron chi connectivity index (χ0n) is 26.5. The molecule has 1 spiro atoms. The topological polar surface area (TPSA) is 120 Å². The second-order valence-electron chi connectivity index (χ2n) is 12.9. The van der Waals surface area contributed by atoms with Gasteiger partial charge >= 0.3 is 6.09 Å². The number of carbonyl (C=O) groups excluding carboxylic acids is 3. The van der Waals surface area contributed by atoms with Gasteiger partial charge in [0.05, 0.1) is 43.5 Å². The minimum Gasteiger partial charge on any atom is -0.447 e. The molecule has 3 amide bonds. The summed E-state index contributed by atoms with van der Waals surface area (Å²) in [5.41, 5.74) is 0.873. The molecule has 242 valence electrons. The van der Waals surface area contributed by atoms with Crippen LogP contribution in [0.15, 0.2) is 78.9 Å². The third-order valence-corrected chi connectivity index (χ3v) is 9.54. The van der Waals surface area contributed by atoms with Gasteiger partial charge in [0.2, 0.25) is 5.91 Å². The summed E-state index contributed by atoms with van der Waals surface area (Å²) in [6.07, 6.45) is -1.36. The van der Waals surface area contributed by atoms with Crippen molar-refractivity contribution >= 4 is 29.3 Å². The van der Waals surface area contributed by atoms with Crippen molar-refractivity contribution < 1.29 is 34.1 Å². The molecule has 0 aromatic heterocycles. The van der Waals surface area contributed by atoms with E-state index in [-0.39, 0.29) is 38.0 Å². The van der Waals surface area contributed by atoms with Gasteiger partial charge in [0.25, 0.3) is 5.91 Å². The maximum absolute atomic E-state index is 14.8. The Morgan fingerprint density at radius 3 is 2.30 bits per heavy atom. The van der Waals surface area contributed by atoms with E-state index in [0.29, 0.717) is 36.6 Å². The van der Waals surface area contributed by atoms with Crippen LogP contribution in [0.4, 0.5) is 16.2 Å². The predicted molar refractivity (Wildman–Crippen MR) is 172 cm³/mol. The molecule has 6 rings (SSSR count). The third-order valence-electron chi connectivity index (χ3n) is 9.54. The van der Waals surface area contributed by atoms with Crippen LogP contribution < -0.4 is 9.80 Å². The van der Waals surface area contributed by atoms with Crippen LogP contribution in [0.2, 0.25) is 0 Å². The first-order valence-corrected chi connectivity index (χ1v) is 15.8. The van der Waals surface area contributed by atoms with Crippen molar-refractivity contribution in [1.29, 1.82) is 0 Å². The Morgan fingerprint density at radius 2 is 1.70 bits per heavy atom. The molecule has 0 unspecified atom stereocenters. The van der Waals surface area contributed by atoms with Gasteiger partial charge < -0.3 is 29.5 Å². The highest BCUT2D eigenvalue weighted by Gasteiger charge is 2.66. The number of aliphatic hydroxyl groups excluding tert-OH is 1. The average Bonchev–Trinajstić information content (AvgIpc) is 3.66. The number of anilines is 2. The maximum Gasteiger partial charge on any atom is 0.414 e. The fourth-order valence-electron chi connectivity index (χ4n) is 7.50. The number of benzene rings is 3. The highest BCUT2D eigenvalue weighted by molar-refractivity contribution is 6.08. The number of aliphatic hydroxyl groups is 2. The number of fused-ring (bicyclic) bond motifs is 2. The molecule has 10 nitrogen and oxygen atoms in total. The molecule has 0 saturated carbocycles. The van der Waals surface area contributed by atoms with Gasteiger partial charge in [-0.25, -0.2) is 4.79 Å². The van der Waals surface area contributed by atoms with Crippen LogP contribution in [-0.2, 0) is 37.8 Å². The lowest BCUT2D eigenvalue weighted by molar-refractivity contribution is -0.150. The summed E-state index contributed by atoms with van der Waals surface area (Å²) in [5, 5.41) is 21.3. The Morgan fingerprint density at radius 1 is 1.02 bits per heavy atom. The minimum atomic E-state index is -1.51. The molecule has 0 radical (unpaired) electrons. The highest BCUT2D eigenvalue weighted by Crippen LogP contribution is 2.58. The van der Waals surface area contributed by atoms with Crippen LogP contribution in [0.1, 0.15) is 43.9 Å². The first-order chi connectivity index (χ1) is 22.0. The molecule has 3 aliphatic rings. The Hall–Kier alpha value is -4.25. The molecule has 3 heterocycles. The van der Waals surface area contributed by atoms with E-state index in [1.165, 1.54) is 4.90 Å². The Bertz CT molecular complexity index is 1590. The van der Waals surface area contributed by atoms with E-state index in [1.807, 2.05) is 79.7 Å². The standard InChI is InChI=1S/C36H41N3O7/c1-24-32(35(2,3)44)30(21-31(41)37(16-18-40)22-25-10-6-4-7-11-25)46-36(24)28-20-27(38-17-19-45-34(38)43)14-15-29(28)39(33(36)42)23-26-12-8-5-9-13-26/h4-15,20,24,30,32,40,44H,16-19,21-23H2,1-3H3/t24-,30+,32-,36+/m1/s1. The molecule has 3 aromatic rings. The van der Waals surface area contributed by atoms with Crippen molar-refractivity contribution in [3.63, 3.8) is 0 Å². The number of carbonyl (C=O) groups is 3. The summed E-state index contributed by atoms with van der Waals surface area (Å²) in [5.74, 6) is -1.67. The van der Waals surface area contributed by atoms with Crippen LogP contribution in [0.25, 0.3) is 0 Å². The van der Waals surface area contributed by atoms with Crippen molar-refractivity contribution in [2.45, 2.75) is 57.6 Å². The van der Waals surface area contributed by atoms with Gasteiger partial charge in [-0.05, 0) is 43.2 Å². The number of hydrogen-bond acceptors (Lipinski definition) is 7. The lowest BCUT2D eigenvalue weighted by atomic mass is 9.70. The zero-order chi connectivity index (χ0) is 32.6. The highest BCUT2D eigenvalue weighted by atomic mass is 16.6. The van der Waals surface area contributed by atoms with Crippen LogP contribution in [0, 0.1) is 11.8 Å². The van der Waals surface area contributed by atoms with Crippen LogP contribution in [0.5, 0.6) is 0 Å². The minimum absolute atomic E-state index is 0.0903. The van der Waals surface area contributed by atoms with E-state index in [4.69, 9.17) is 9.47 Å². The summed E-state index contributed by atoms with van der Waals surface area (Å²) in [6, 6.07) is 24.7. The van der Waals surface area contributed by atoms with Gasteiger partial charge in [-0.15, -0.1) is 0 Å². The maximum atomic E-state index is 14.8. The van der Waals surface area contributed by atoms with Gasteiger partial charge in [0, 0.05) is 36.2 Å². The molecule has 3 aromatic carbocycles. The third kappa shape index (κ3) is 5.65. The van der Waals surface area contributed by atoms with Crippen molar-refractivity contribution in [2.24, 2.45) is 11.8 Å². The van der Waals surface area contributed by atoms with E-state index < -0.39 is 35.2 Å².